The number of carbonyl (C=O) groups is 1. The molecule has 0 spiro atoms. The van der Waals surface area contributed by atoms with Gasteiger partial charge in [0.1, 0.15) is 0 Å². The first-order chi connectivity index (χ1) is 8.22. The van der Waals surface area contributed by atoms with Gasteiger partial charge in [0.2, 0.25) is 5.91 Å². The number of likely N-dealkylation sites (N-methyl/N-ethyl adjacent to an activating group) is 1. The van der Waals surface area contributed by atoms with Crippen LogP contribution in [0.1, 0.15) is 19.8 Å². The predicted molar refractivity (Wildman–Crippen MR) is 72.6 cm³/mol. The van der Waals surface area contributed by atoms with Gasteiger partial charge in [-0.25, -0.2) is 0 Å². The lowest BCUT2D eigenvalue weighted by Gasteiger charge is -2.27. The van der Waals surface area contributed by atoms with Gasteiger partial charge in [0, 0.05) is 18.8 Å². The lowest BCUT2D eigenvalue weighted by Crippen LogP contribution is -2.48. The molecule has 0 aromatic rings. The fourth-order valence-electron chi connectivity index (χ4n) is 2.59. The predicted octanol–water partition coefficient (Wildman–Crippen LogP) is 0.977. The second-order valence-corrected chi connectivity index (χ2v) is 5.79. The molecule has 17 heavy (non-hydrogen) atoms. The number of nitrogens with one attached hydrogen (secondary N) is 1. The monoisotopic (exact) mass is 255 g/mol. The Bertz CT molecular complexity index is 308. The Morgan fingerprint density at radius 1 is 1.65 bits per heavy atom. The van der Waals surface area contributed by atoms with Crippen LogP contribution in [0.4, 0.5) is 0 Å². The van der Waals surface area contributed by atoms with Crippen LogP contribution in [0.15, 0.2) is 4.99 Å². The maximum absolute atomic E-state index is 12.4. The molecule has 1 amide bonds. The highest BCUT2D eigenvalue weighted by molar-refractivity contribution is 8.12. The number of hydrogen-bond acceptors (Lipinski definition) is 4. The van der Waals surface area contributed by atoms with Gasteiger partial charge in [0.05, 0.1) is 17.6 Å². The van der Waals surface area contributed by atoms with Gasteiger partial charge in [-0.1, -0.05) is 6.92 Å². The number of nitrogens with zero attached hydrogens (tertiary/aromatic N) is 2. The molecule has 0 aliphatic carbocycles. The van der Waals surface area contributed by atoms with Crippen LogP contribution in [0.25, 0.3) is 0 Å². The molecular weight excluding hydrogens is 234 g/mol. The van der Waals surface area contributed by atoms with Crippen LogP contribution in [0.2, 0.25) is 0 Å². The van der Waals surface area contributed by atoms with Gasteiger partial charge in [-0.2, -0.15) is 0 Å². The van der Waals surface area contributed by atoms with Crippen molar-refractivity contribution >= 4 is 23.2 Å². The molecule has 1 N–H and O–H groups in total. The lowest BCUT2D eigenvalue weighted by molar-refractivity contribution is -0.133. The first kappa shape index (κ1) is 12.9. The van der Waals surface area contributed by atoms with Gasteiger partial charge in [-0.05, 0) is 25.8 Å². The Kier molecular flexibility index (Phi) is 4.45. The van der Waals surface area contributed by atoms with Crippen molar-refractivity contribution in [2.75, 3.05) is 25.9 Å². The molecule has 0 radical (unpaired) electrons. The van der Waals surface area contributed by atoms with Gasteiger partial charge < -0.3 is 10.2 Å². The molecule has 5 heteroatoms. The van der Waals surface area contributed by atoms with E-state index in [4.69, 9.17) is 0 Å². The van der Waals surface area contributed by atoms with Gasteiger partial charge in [-0.15, -0.1) is 11.8 Å². The molecule has 3 unspecified atom stereocenters. The van der Waals surface area contributed by atoms with E-state index in [0.29, 0.717) is 12.0 Å². The SMILES string of the molecule is CNC1C(=O)N(CC2CSC=N2)CCCC1C. The van der Waals surface area contributed by atoms with Crippen molar-refractivity contribution in [2.24, 2.45) is 10.9 Å². The Morgan fingerprint density at radius 3 is 3.12 bits per heavy atom. The second kappa shape index (κ2) is 5.87. The largest absolute Gasteiger partial charge is 0.339 e. The van der Waals surface area contributed by atoms with Gasteiger partial charge in [0.15, 0.2) is 0 Å². The lowest BCUT2D eigenvalue weighted by atomic mass is 9.98. The van der Waals surface area contributed by atoms with Crippen molar-refractivity contribution in [1.82, 2.24) is 10.2 Å². The van der Waals surface area contributed by atoms with Gasteiger partial charge in [-0.3, -0.25) is 9.79 Å². The normalized spacial score (nSPS) is 34.1. The van der Waals surface area contributed by atoms with Gasteiger partial charge in [0.25, 0.3) is 0 Å². The summed E-state index contributed by atoms with van der Waals surface area (Å²) in [5.41, 5.74) is 1.91. The van der Waals surface area contributed by atoms with E-state index in [2.05, 4.69) is 17.2 Å². The average Bonchev–Trinajstić information content (AvgIpc) is 2.76. The summed E-state index contributed by atoms with van der Waals surface area (Å²) < 4.78 is 0. The standard InChI is InChI=1S/C12H21N3OS/c1-9-4-3-5-15(12(16)11(9)13-2)6-10-7-17-8-14-10/h8-11,13H,3-7H2,1-2H3. The summed E-state index contributed by atoms with van der Waals surface area (Å²) in [5, 5.41) is 3.16. The maximum Gasteiger partial charge on any atom is 0.240 e. The Morgan fingerprint density at radius 2 is 2.47 bits per heavy atom. The third-order valence-electron chi connectivity index (χ3n) is 3.61. The van der Waals surface area contributed by atoms with E-state index in [1.165, 1.54) is 0 Å². The van der Waals surface area contributed by atoms with Crippen molar-refractivity contribution in [2.45, 2.75) is 31.8 Å². The number of rotatable bonds is 3. The minimum absolute atomic E-state index is 0.0180. The third-order valence-corrected chi connectivity index (χ3v) is 4.46. The minimum atomic E-state index is -0.0180. The highest BCUT2D eigenvalue weighted by Gasteiger charge is 2.32. The quantitative estimate of drug-likeness (QED) is 0.817. The zero-order chi connectivity index (χ0) is 12.3. The van der Waals surface area contributed by atoms with Crippen LogP contribution in [0.5, 0.6) is 0 Å². The molecule has 2 heterocycles. The number of hydrogen-bond donors (Lipinski definition) is 1. The fourth-order valence-corrected chi connectivity index (χ4v) is 3.35. The summed E-state index contributed by atoms with van der Waals surface area (Å²) in [4.78, 5) is 18.8. The van der Waals surface area contributed by atoms with E-state index in [0.717, 1.165) is 31.7 Å². The molecule has 3 atom stereocenters. The Hall–Kier alpha value is -0.550. The summed E-state index contributed by atoms with van der Waals surface area (Å²) in [6, 6.07) is 0.283. The highest BCUT2D eigenvalue weighted by Crippen LogP contribution is 2.20. The van der Waals surface area contributed by atoms with Crippen molar-refractivity contribution in [3.05, 3.63) is 0 Å². The third kappa shape index (κ3) is 3.01. The summed E-state index contributed by atoms with van der Waals surface area (Å²) in [6.07, 6.45) is 2.23. The van der Waals surface area contributed by atoms with Crippen LogP contribution in [-0.4, -0.2) is 54.3 Å². The maximum atomic E-state index is 12.4. The van der Waals surface area contributed by atoms with Crippen molar-refractivity contribution in [3.8, 4) is 0 Å². The molecule has 0 aromatic heterocycles. The number of amides is 1. The van der Waals surface area contributed by atoms with Gasteiger partial charge >= 0.3 is 0 Å². The number of likely N-dealkylation sites (tertiary alicyclic amines) is 1. The first-order valence-corrected chi connectivity index (χ1v) is 7.36. The van der Waals surface area contributed by atoms with E-state index in [1.54, 1.807) is 11.8 Å². The number of aliphatic imine (C=N–C) groups is 1. The van der Waals surface area contributed by atoms with Crippen LogP contribution < -0.4 is 5.32 Å². The average molecular weight is 255 g/mol. The molecule has 0 bridgehead atoms. The molecule has 1 saturated heterocycles. The molecule has 96 valence electrons. The topological polar surface area (TPSA) is 44.7 Å². The molecule has 0 aromatic carbocycles. The summed E-state index contributed by atoms with van der Waals surface area (Å²) in [7, 11) is 1.88. The summed E-state index contributed by atoms with van der Waals surface area (Å²) >= 11 is 1.74. The van der Waals surface area contributed by atoms with Crippen LogP contribution >= 0.6 is 11.8 Å². The zero-order valence-corrected chi connectivity index (χ0v) is 11.4. The second-order valence-electron chi connectivity index (χ2n) is 4.91. The minimum Gasteiger partial charge on any atom is -0.339 e. The fraction of sp³-hybridized carbons (Fsp3) is 0.833. The molecule has 2 aliphatic rings. The zero-order valence-electron chi connectivity index (χ0n) is 10.6. The van der Waals surface area contributed by atoms with Crippen LogP contribution in [0, 0.1) is 5.92 Å². The smallest absolute Gasteiger partial charge is 0.240 e. The first-order valence-electron chi connectivity index (χ1n) is 6.31. The molecule has 4 nitrogen and oxygen atoms in total. The molecule has 2 rings (SSSR count). The highest BCUT2D eigenvalue weighted by atomic mass is 32.2. The molecular formula is C12H21N3OS. The Labute approximate surface area is 107 Å². The summed E-state index contributed by atoms with van der Waals surface area (Å²) in [6.45, 7) is 3.83. The van der Waals surface area contributed by atoms with Crippen molar-refractivity contribution < 1.29 is 4.79 Å². The van der Waals surface area contributed by atoms with Crippen LogP contribution in [0.3, 0.4) is 0 Å². The van der Waals surface area contributed by atoms with Crippen molar-refractivity contribution in [1.29, 1.82) is 0 Å². The van der Waals surface area contributed by atoms with Crippen LogP contribution in [-0.2, 0) is 4.79 Å². The molecule has 1 fully saturated rings. The Balaban J connectivity index is 2.00. The van der Waals surface area contributed by atoms with Crippen molar-refractivity contribution in [3.63, 3.8) is 0 Å². The van der Waals surface area contributed by atoms with E-state index in [1.807, 2.05) is 17.5 Å². The van der Waals surface area contributed by atoms with E-state index in [9.17, 15) is 4.79 Å². The van der Waals surface area contributed by atoms with E-state index < -0.39 is 0 Å². The number of thioether (sulfide) groups is 1. The number of carbonyl (C=O) groups excluding carboxylic acids is 1. The molecule has 2 aliphatic heterocycles. The summed E-state index contributed by atoms with van der Waals surface area (Å²) in [5.74, 6) is 1.70. The molecule has 0 saturated carbocycles. The van der Waals surface area contributed by atoms with E-state index in [-0.39, 0.29) is 11.9 Å². The van der Waals surface area contributed by atoms with E-state index >= 15 is 0 Å².